The van der Waals surface area contributed by atoms with Gasteiger partial charge in [0.1, 0.15) is 5.56 Å². The molecule has 2 heterocycles. The number of carbonyl (C=O) groups excluding carboxylic acids is 1. The van der Waals surface area contributed by atoms with Gasteiger partial charge in [0.2, 0.25) is 0 Å². The summed E-state index contributed by atoms with van der Waals surface area (Å²) in [6.45, 7) is 5.68. The fourth-order valence-corrected chi connectivity index (χ4v) is 3.82. The summed E-state index contributed by atoms with van der Waals surface area (Å²) in [5.41, 5.74) is 4.96. The lowest BCUT2D eigenvalue weighted by Crippen LogP contribution is -2.29. The van der Waals surface area contributed by atoms with E-state index in [1.54, 1.807) is 6.92 Å². The highest BCUT2D eigenvalue weighted by Crippen LogP contribution is 2.26. The van der Waals surface area contributed by atoms with E-state index in [0.29, 0.717) is 11.3 Å². The second-order valence-electron chi connectivity index (χ2n) is 7.38. The SMILES string of the molecule is CCCc1ccccc1NC(=O)c1c(C)nc2c(-c3ccccc3)c(C)[nH]n2c1=O. The average Bonchev–Trinajstić information content (AvgIpc) is 3.06. The summed E-state index contributed by atoms with van der Waals surface area (Å²) in [6, 6.07) is 17.4. The maximum atomic E-state index is 13.2. The quantitative estimate of drug-likeness (QED) is 0.517. The molecule has 30 heavy (non-hydrogen) atoms. The number of hydrogen-bond donors (Lipinski definition) is 2. The van der Waals surface area contributed by atoms with Crippen molar-refractivity contribution in [3.63, 3.8) is 0 Å². The summed E-state index contributed by atoms with van der Waals surface area (Å²) < 4.78 is 1.36. The molecule has 0 aliphatic heterocycles. The van der Waals surface area contributed by atoms with Crippen molar-refractivity contribution < 1.29 is 4.79 Å². The molecule has 4 rings (SSSR count). The molecule has 2 aromatic carbocycles. The number of amides is 1. The van der Waals surface area contributed by atoms with Crippen molar-refractivity contribution in [1.29, 1.82) is 0 Å². The van der Waals surface area contributed by atoms with Gasteiger partial charge in [0.15, 0.2) is 5.65 Å². The number of rotatable bonds is 5. The Hall–Kier alpha value is -3.67. The van der Waals surface area contributed by atoms with E-state index < -0.39 is 11.5 Å². The van der Waals surface area contributed by atoms with Gasteiger partial charge in [-0.3, -0.25) is 14.7 Å². The van der Waals surface area contributed by atoms with E-state index in [9.17, 15) is 9.59 Å². The van der Waals surface area contributed by atoms with Gasteiger partial charge in [-0.15, -0.1) is 0 Å². The molecule has 2 aromatic heterocycles. The van der Waals surface area contributed by atoms with E-state index in [1.165, 1.54) is 4.52 Å². The van der Waals surface area contributed by atoms with E-state index in [-0.39, 0.29) is 5.56 Å². The maximum absolute atomic E-state index is 13.2. The standard InChI is InChI=1S/C24H24N4O2/c1-4-10-17-11-8-9-14-19(17)26-23(29)21-15(2)25-22-20(18-12-6-5-7-13-18)16(3)27-28(22)24(21)30/h5-9,11-14,27H,4,10H2,1-3H3,(H,26,29). The second-order valence-corrected chi connectivity index (χ2v) is 7.38. The van der Waals surface area contributed by atoms with E-state index in [0.717, 1.165) is 40.9 Å². The molecule has 6 nitrogen and oxygen atoms in total. The second kappa shape index (κ2) is 7.99. The number of anilines is 1. The van der Waals surface area contributed by atoms with Crippen molar-refractivity contribution in [2.24, 2.45) is 0 Å². The number of hydrogen-bond acceptors (Lipinski definition) is 3. The average molecular weight is 400 g/mol. The third-order valence-corrected chi connectivity index (χ3v) is 5.22. The van der Waals surface area contributed by atoms with Gasteiger partial charge in [0.25, 0.3) is 11.5 Å². The minimum Gasteiger partial charge on any atom is -0.322 e. The number of H-pyrrole nitrogens is 1. The van der Waals surface area contributed by atoms with Crippen molar-refractivity contribution in [3.05, 3.63) is 87.5 Å². The highest BCUT2D eigenvalue weighted by atomic mass is 16.2. The first kappa shape index (κ1) is 19.6. The Morgan fingerprint density at radius 2 is 1.77 bits per heavy atom. The van der Waals surface area contributed by atoms with Crippen LogP contribution in [0.1, 0.15) is 40.7 Å². The van der Waals surface area contributed by atoms with Crippen LogP contribution in [-0.4, -0.2) is 20.5 Å². The van der Waals surface area contributed by atoms with Gasteiger partial charge in [-0.2, -0.15) is 0 Å². The van der Waals surface area contributed by atoms with Crippen LogP contribution in [0, 0.1) is 13.8 Å². The van der Waals surface area contributed by atoms with Crippen molar-refractivity contribution in [3.8, 4) is 11.1 Å². The van der Waals surface area contributed by atoms with Crippen LogP contribution < -0.4 is 10.9 Å². The summed E-state index contributed by atoms with van der Waals surface area (Å²) in [4.78, 5) is 30.9. The molecule has 0 aliphatic carbocycles. The number of aromatic amines is 1. The minimum absolute atomic E-state index is 0.0414. The molecule has 6 heteroatoms. The lowest BCUT2D eigenvalue weighted by Gasteiger charge is -2.11. The van der Waals surface area contributed by atoms with Crippen LogP contribution in [0.4, 0.5) is 5.69 Å². The summed E-state index contributed by atoms with van der Waals surface area (Å²) in [5, 5.41) is 5.98. The molecule has 0 atom stereocenters. The molecule has 0 aliphatic rings. The monoisotopic (exact) mass is 400 g/mol. The van der Waals surface area contributed by atoms with E-state index in [4.69, 9.17) is 0 Å². The largest absolute Gasteiger partial charge is 0.322 e. The molecule has 1 amide bonds. The predicted molar refractivity (Wildman–Crippen MR) is 119 cm³/mol. The number of nitrogens with one attached hydrogen (secondary N) is 2. The zero-order valence-corrected chi connectivity index (χ0v) is 17.3. The van der Waals surface area contributed by atoms with E-state index in [1.807, 2.05) is 61.5 Å². The molecule has 0 saturated carbocycles. The molecule has 0 unspecified atom stereocenters. The number of aryl methyl sites for hydroxylation is 3. The number of aromatic nitrogens is 3. The molecule has 0 spiro atoms. The van der Waals surface area contributed by atoms with E-state index in [2.05, 4.69) is 22.3 Å². The van der Waals surface area contributed by atoms with Gasteiger partial charge >= 0.3 is 0 Å². The van der Waals surface area contributed by atoms with Gasteiger partial charge in [-0.05, 0) is 37.5 Å². The molecular formula is C24H24N4O2. The number of benzene rings is 2. The Labute approximate surface area is 174 Å². The van der Waals surface area contributed by atoms with Crippen LogP contribution in [0.25, 0.3) is 16.8 Å². The lowest BCUT2D eigenvalue weighted by molar-refractivity contribution is 0.102. The fourth-order valence-electron chi connectivity index (χ4n) is 3.82. The van der Waals surface area contributed by atoms with Crippen molar-refractivity contribution in [2.75, 3.05) is 5.32 Å². The minimum atomic E-state index is -0.448. The first-order valence-electron chi connectivity index (χ1n) is 10.1. The first-order valence-corrected chi connectivity index (χ1v) is 10.1. The normalized spacial score (nSPS) is 11.0. The fraction of sp³-hybridized carbons (Fsp3) is 0.208. The smallest absolute Gasteiger partial charge is 0.285 e. The molecule has 152 valence electrons. The summed E-state index contributed by atoms with van der Waals surface area (Å²) >= 11 is 0. The zero-order valence-electron chi connectivity index (χ0n) is 17.3. The van der Waals surface area contributed by atoms with Gasteiger partial charge in [0, 0.05) is 16.9 Å². The Morgan fingerprint density at radius 3 is 2.50 bits per heavy atom. The van der Waals surface area contributed by atoms with E-state index >= 15 is 0 Å². The number of fused-ring (bicyclic) bond motifs is 1. The van der Waals surface area contributed by atoms with Crippen LogP contribution in [0.2, 0.25) is 0 Å². The Morgan fingerprint density at radius 1 is 1.07 bits per heavy atom. The Kier molecular flexibility index (Phi) is 5.23. The van der Waals surface area contributed by atoms with Crippen molar-refractivity contribution in [1.82, 2.24) is 14.6 Å². The summed E-state index contributed by atoms with van der Waals surface area (Å²) in [7, 11) is 0. The molecule has 2 N–H and O–H groups in total. The van der Waals surface area contributed by atoms with Crippen molar-refractivity contribution in [2.45, 2.75) is 33.6 Å². The van der Waals surface area contributed by atoms with Crippen LogP contribution in [0.15, 0.2) is 59.4 Å². The Balaban J connectivity index is 1.80. The van der Waals surface area contributed by atoms with Gasteiger partial charge in [-0.1, -0.05) is 61.9 Å². The predicted octanol–water partition coefficient (Wildman–Crippen LogP) is 4.51. The summed E-state index contributed by atoms with van der Waals surface area (Å²) in [5.74, 6) is -0.448. The van der Waals surface area contributed by atoms with Crippen LogP contribution in [0.3, 0.4) is 0 Å². The van der Waals surface area contributed by atoms with Gasteiger partial charge < -0.3 is 5.32 Å². The molecule has 4 aromatic rings. The highest BCUT2D eigenvalue weighted by Gasteiger charge is 2.22. The van der Waals surface area contributed by atoms with Crippen LogP contribution in [0.5, 0.6) is 0 Å². The number of para-hydroxylation sites is 1. The van der Waals surface area contributed by atoms with Crippen LogP contribution >= 0.6 is 0 Å². The Bertz CT molecular complexity index is 1290. The van der Waals surface area contributed by atoms with Crippen LogP contribution in [-0.2, 0) is 6.42 Å². The van der Waals surface area contributed by atoms with Gasteiger partial charge in [0.05, 0.1) is 5.69 Å². The molecule has 0 fully saturated rings. The highest BCUT2D eigenvalue weighted by molar-refractivity contribution is 6.05. The third kappa shape index (κ3) is 3.41. The topological polar surface area (TPSA) is 79.3 Å². The maximum Gasteiger partial charge on any atom is 0.285 e. The third-order valence-electron chi connectivity index (χ3n) is 5.22. The zero-order chi connectivity index (χ0) is 21.3. The molecule has 0 saturated heterocycles. The number of nitrogens with zero attached hydrogens (tertiary/aromatic N) is 2. The van der Waals surface area contributed by atoms with Crippen molar-refractivity contribution >= 4 is 17.2 Å². The number of carbonyl (C=O) groups is 1. The molecule has 0 radical (unpaired) electrons. The summed E-state index contributed by atoms with van der Waals surface area (Å²) in [6.07, 6.45) is 1.81. The molecular weight excluding hydrogens is 376 g/mol. The first-order chi connectivity index (χ1) is 14.5. The lowest BCUT2D eigenvalue weighted by atomic mass is 10.1. The van der Waals surface area contributed by atoms with Gasteiger partial charge in [-0.25, -0.2) is 9.50 Å². The molecule has 0 bridgehead atoms.